The minimum atomic E-state index is -1.06. The number of carboxylic acid groups (broad SMARTS) is 1. The molecule has 0 fully saturated rings. The summed E-state index contributed by atoms with van der Waals surface area (Å²) in [6.07, 6.45) is 3.25. The summed E-state index contributed by atoms with van der Waals surface area (Å²) < 4.78 is 19.2. The second-order valence-electron chi connectivity index (χ2n) is 5.89. The summed E-state index contributed by atoms with van der Waals surface area (Å²) in [6, 6.07) is 4.60. The van der Waals surface area contributed by atoms with Crippen molar-refractivity contribution >= 4 is 12.0 Å². The zero-order valence-electron chi connectivity index (χ0n) is 12.1. The summed E-state index contributed by atoms with van der Waals surface area (Å²) in [5.41, 5.74) is 1.19. The van der Waals surface area contributed by atoms with Crippen LogP contribution in [0.4, 0.5) is 4.39 Å². The van der Waals surface area contributed by atoms with E-state index in [4.69, 9.17) is 9.84 Å². The number of aliphatic carboxylic acids is 1. The normalized spacial score (nSPS) is 12.0. The van der Waals surface area contributed by atoms with Crippen LogP contribution in [-0.4, -0.2) is 17.7 Å². The summed E-state index contributed by atoms with van der Waals surface area (Å²) in [4.78, 5) is 10.4. The Balaban J connectivity index is 2.54. The van der Waals surface area contributed by atoms with Crippen LogP contribution in [0.15, 0.2) is 24.3 Å². The highest BCUT2D eigenvalue weighted by atomic mass is 19.1. The smallest absolute Gasteiger partial charge is 0.328 e. The molecule has 0 spiro atoms. The Morgan fingerprint density at radius 2 is 2.10 bits per heavy atom. The van der Waals surface area contributed by atoms with Crippen molar-refractivity contribution in [2.75, 3.05) is 6.61 Å². The van der Waals surface area contributed by atoms with Crippen LogP contribution >= 0.6 is 0 Å². The molecule has 0 aliphatic rings. The van der Waals surface area contributed by atoms with Crippen molar-refractivity contribution in [2.24, 2.45) is 5.41 Å². The van der Waals surface area contributed by atoms with Gasteiger partial charge in [-0.15, -0.1) is 0 Å². The predicted molar refractivity (Wildman–Crippen MR) is 76.8 cm³/mol. The SMILES string of the molecule is CC(C)(C)CCOCc1ccc(C=CC(=O)O)cc1F. The Bertz CT molecular complexity index is 487. The van der Waals surface area contributed by atoms with E-state index in [9.17, 15) is 9.18 Å². The van der Waals surface area contributed by atoms with Crippen molar-refractivity contribution in [3.8, 4) is 0 Å². The molecule has 1 rings (SSSR count). The Morgan fingerprint density at radius 1 is 1.40 bits per heavy atom. The number of ether oxygens (including phenoxy) is 1. The van der Waals surface area contributed by atoms with Crippen LogP contribution in [0.2, 0.25) is 0 Å². The summed E-state index contributed by atoms with van der Waals surface area (Å²) in [7, 11) is 0. The molecule has 0 heterocycles. The van der Waals surface area contributed by atoms with Gasteiger partial charge in [-0.1, -0.05) is 32.9 Å². The summed E-state index contributed by atoms with van der Waals surface area (Å²) in [5, 5.41) is 8.51. The zero-order valence-corrected chi connectivity index (χ0v) is 12.1. The third kappa shape index (κ3) is 6.48. The highest BCUT2D eigenvalue weighted by molar-refractivity contribution is 5.85. The lowest BCUT2D eigenvalue weighted by atomic mass is 9.93. The molecule has 0 bridgehead atoms. The lowest BCUT2D eigenvalue weighted by molar-refractivity contribution is -0.131. The standard InChI is InChI=1S/C16H21FO3/c1-16(2,3)8-9-20-11-13-6-4-12(10-14(13)17)5-7-15(18)19/h4-7,10H,8-9,11H2,1-3H3,(H,18,19). The van der Waals surface area contributed by atoms with E-state index in [1.165, 1.54) is 12.1 Å². The highest BCUT2D eigenvalue weighted by Gasteiger charge is 2.10. The first-order valence-corrected chi connectivity index (χ1v) is 6.55. The molecule has 0 radical (unpaired) electrons. The van der Waals surface area contributed by atoms with E-state index in [0.29, 0.717) is 17.7 Å². The maximum Gasteiger partial charge on any atom is 0.328 e. The zero-order chi connectivity index (χ0) is 15.2. The van der Waals surface area contributed by atoms with Gasteiger partial charge < -0.3 is 9.84 Å². The minimum absolute atomic E-state index is 0.198. The predicted octanol–water partition coefficient (Wildman–Crippen LogP) is 3.88. The van der Waals surface area contributed by atoms with E-state index in [0.717, 1.165) is 12.5 Å². The van der Waals surface area contributed by atoms with Gasteiger partial charge >= 0.3 is 5.97 Å². The summed E-state index contributed by atoms with van der Waals surface area (Å²) >= 11 is 0. The van der Waals surface area contributed by atoms with Crippen LogP contribution in [0, 0.1) is 11.2 Å². The van der Waals surface area contributed by atoms with Crippen LogP contribution in [0.25, 0.3) is 6.08 Å². The van der Waals surface area contributed by atoms with Gasteiger partial charge in [0.25, 0.3) is 0 Å². The molecule has 0 saturated heterocycles. The van der Waals surface area contributed by atoms with E-state index in [1.807, 2.05) is 0 Å². The average molecular weight is 280 g/mol. The topological polar surface area (TPSA) is 46.5 Å². The fourth-order valence-corrected chi connectivity index (χ4v) is 1.51. The molecule has 3 nitrogen and oxygen atoms in total. The average Bonchev–Trinajstić information content (AvgIpc) is 2.32. The molecule has 0 aromatic heterocycles. The molecular formula is C16H21FO3. The molecule has 0 aliphatic carbocycles. The molecular weight excluding hydrogens is 259 g/mol. The van der Waals surface area contributed by atoms with Crippen LogP contribution in [-0.2, 0) is 16.1 Å². The van der Waals surface area contributed by atoms with E-state index in [2.05, 4.69) is 20.8 Å². The van der Waals surface area contributed by atoms with Crippen molar-refractivity contribution in [2.45, 2.75) is 33.8 Å². The maximum atomic E-state index is 13.8. The van der Waals surface area contributed by atoms with Crippen molar-refractivity contribution in [1.82, 2.24) is 0 Å². The molecule has 0 unspecified atom stereocenters. The lowest BCUT2D eigenvalue weighted by Gasteiger charge is -2.17. The fraction of sp³-hybridized carbons (Fsp3) is 0.438. The lowest BCUT2D eigenvalue weighted by Crippen LogP contribution is -2.09. The number of hydrogen-bond donors (Lipinski definition) is 1. The van der Waals surface area contributed by atoms with Crippen LogP contribution in [0.5, 0.6) is 0 Å². The number of rotatable bonds is 6. The molecule has 0 atom stereocenters. The molecule has 1 N–H and O–H groups in total. The monoisotopic (exact) mass is 280 g/mol. The first-order valence-electron chi connectivity index (χ1n) is 6.55. The third-order valence-electron chi connectivity index (χ3n) is 2.75. The highest BCUT2D eigenvalue weighted by Crippen LogP contribution is 2.19. The van der Waals surface area contributed by atoms with Crippen molar-refractivity contribution in [3.63, 3.8) is 0 Å². The van der Waals surface area contributed by atoms with Crippen LogP contribution < -0.4 is 0 Å². The number of halogens is 1. The first-order chi connectivity index (χ1) is 9.28. The van der Waals surface area contributed by atoms with Gasteiger partial charge in [0.05, 0.1) is 6.61 Å². The quantitative estimate of drug-likeness (QED) is 0.635. The van der Waals surface area contributed by atoms with Gasteiger partial charge in [0.1, 0.15) is 5.82 Å². The van der Waals surface area contributed by atoms with Gasteiger partial charge in [-0.2, -0.15) is 0 Å². The number of carboxylic acids is 1. The molecule has 0 aliphatic heterocycles. The number of benzene rings is 1. The van der Waals surface area contributed by atoms with Crippen molar-refractivity contribution in [1.29, 1.82) is 0 Å². The van der Waals surface area contributed by atoms with Crippen molar-refractivity contribution in [3.05, 3.63) is 41.2 Å². The first kappa shape index (κ1) is 16.4. The second-order valence-corrected chi connectivity index (χ2v) is 5.89. The van der Waals surface area contributed by atoms with Crippen LogP contribution in [0.3, 0.4) is 0 Å². The van der Waals surface area contributed by atoms with E-state index < -0.39 is 5.97 Å². The number of hydrogen-bond acceptors (Lipinski definition) is 2. The Morgan fingerprint density at radius 3 is 2.65 bits per heavy atom. The summed E-state index contributed by atoms with van der Waals surface area (Å²) in [6.45, 7) is 7.19. The Kier molecular flexibility index (Phi) is 5.89. The van der Waals surface area contributed by atoms with E-state index in [-0.39, 0.29) is 17.8 Å². The Labute approximate surface area is 119 Å². The van der Waals surface area contributed by atoms with Gasteiger partial charge in [0.15, 0.2) is 0 Å². The minimum Gasteiger partial charge on any atom is -0.478 e. The summed E-state index contributed by atoms with van der Waals surface area (Å²) in [5.74, 6) is -1.44. The van der Waals surface area contributed by atoms with Crippen molar-refractivity contribution < 1.29 is 19.0 Å². The number of carbonyl (C=O) groups is 1. The van der Waals surface area contributed by atoms with E-state index >= 15 is 0 Å². The molecule has 0 saturated carbocycles. The van der Waals surface area contributed by atoms with Crippen LogP contribution in [0.1, 0.15) is 38.3 Å². The van der Waals surface area contributed by atoms with Gasteiger partial charge in [-0.25, -0.2) is 9.18 Å². The van der Waals surface area contributed by atoms with Gasteiger partial charge in [-0.3, -0.25) is 0 Å². The van der Waals surface area contributed by atoms with Gasteiger partial charge in [-0.05, 0) is 29.5 Å². The molecule has 4 heteroatoms. The fourth-order valence-electron chi connectivity index (χ4n) is 1.51. The van der Waals surface area contributed by atoms with E-state index in [1.54, 1.807) is 12.1 Å². The third-order valence-corrected chi connectivity index (χ3v) is 2.75. The molecule has 1 aromatic carbocycles. The largest absolute Gasteiger partial charge is 0.478 e. The second kappa shape index (κ2) is 7.20. The van der Waals surface area contributed by atoms with Gasteiger partial charge in [0.2, 0.25) is 0 Å². The molecule has 20 heavy (non-hydrogen) atoms. The molecule has 1 aromatic rings. The molecule has 0 amide bonds. The maximum absolute atomic E-state index is 13.8. The molecule has 110 valence electrons. The van der Waals surface area contributed by atoms with Gasteiger partial charge in [0, 0.05) is 18.2 Å². The Hall–Kier alpha value is -1.68.